The van der Waals surface area contributed by atoms with Crippen molar-refractivity contribution in [1.82, 2.24) is 10.2 Å². The summed E-state index contributed by atoms with van der Waals surface area (Å²) in [6.45, 7) is 4.90. The zero-order valence-electron chi connectivity index (χ0n) is 11.8. The van der Waals surface area contributed by atoms with E-state index >= 15 is 0 Å². The maximum Gasteiger partial charge on any atom is 0.237 e. The molecular weight excluding hydrogens is 236 g/mol. The highest BCUT2D eigenvalue weighted by molar-refractivity contribution is 5.81. The van der Waals surface area contributed by atoms with Gasteiger partial charge in [0, 0.05) is 6.54 Å². The summed E-state index contributed by atoms with van der Waals surface area (Å²) in [5.41, 5.74) is 1.28. The van der Waals surface area contributed by atoms with E-state index in [0.29, 0.717) is 0 Å². The smallest absolute Gasteiger partial charge is 0.237 e. The lowest BCUT2D eigenvalue weighted by Gasteiger charge is -2.33. The van der Waals surface area contributed by atoms with Gasteiger partial charge in [-0.15, -0.1) is 0 Å². The van der Waals surface area contributed by atoms with Crippen LogP contribution in [0.15, 0.2) is 30.3 Å². The highest BCUT2D eigenvalue weighted by Crippen LogP contribution is 2.16. The molecule has 104 valence electrons. The van der Waals surface area contributed by atoms with E-state index in [1.54, 1.807) is 0 Å². The minimum Gasteiger partial charge on any atom is -0.354 e. The summed E-state index contributed by atoms with van der Waals surface area (Å²) >= 11 is 0. The molecule has 1 aromatic carbocycles. The van der Waals surface area contributed by atoms with E-state index < -0.39 is 0 Å². The maximum absolute atomic E-state index is 12.2. The van der Waals surface area contributed by atoms with Crippen LogP contribution in [-0.2, 0) is 11.2 Å². The molecule has 1 aliphatic rings. The summed E-state index contributed by atoms with van der Waals surface area (Å²) in [7, 11) is 0. The Morgan fingerprint density at radius 3 is 2.84 bits per heavy atom. The van der Waals surface area contributed by atoms with E-state index in [9.17, 15) is 4.79 Å². The molecule has 0 aromatic heterocycles. The predicted molar refractivity (Wildman–Crippen MR) is 78.0 cm³/mol. The minimum atomic E-state index is 0.0922. The van der Waals surface area contributed by atoms with Crippen molar-refractivity contribution >= 4 is 5.91 Å². The monoisotopic (exact) mass is 260 g/mol. The minimum absolute atomic E-state index is 0.0922. The van der Waals surface area contributed by atoms with E-state index in [0.717, 1.165) is 32.5 Å². The Hall–Kier alpha value is -1.35. The first-order valence-corrected chi connectivity index (χ1v) is 7.37. The van der Waals surface area contributed by atoms with Crippen LogP contribution in [0.1, 0.15) is 31.7 Å². The normalized spacial score (nSPS) is 20.2. The third-order valence-electron chi connectivity index (χ3n) is 3.88. The van der Waals surface area contributed by atoms with Gasteiger partial charge in [0.05, 0.1) is 6.04 Å². The fourth-order valence-corrected chi connectivity index (χ4v) is 2.76. The molecule has 1 atom stereocenters. The van der Waals surface area contributed by atoms with Crippen LogP contribution in [0.3, 0.4) is 0 Å². The second-order valence-corrected chi connectivity index (χ2v) is 5.17. The highest BCUT2D eigenvalue weighted by Gasteiger charge is 2.26. The first-order chi connectivity index (χ1) is 9.31. The topological polar surface area (TPSA) is 32.3 Å². The van der Waals surface area contributed by atoms with Gasteiger partial charge in [-0.25, -0.2) is 0 Å². The molecular formula is C16H24N2O. The number of nitrogens with one attached hydrogen (secondary N) is 1. The fourth-order valence-electron chi connectivity index (χ4n) is 2.76. The molecule has 1 fully saturated rings. The Kier molecular flexibility index (Phi) is 5.40. The van der Waals surface area contributed by atoms with Gasteiger partial charge in [0.15, 0.2) is 0 Å². The number of likely N-dealkylation sites (tertiary alicyclic amines) is 1. The Labute approximate surface area is 116 Å². The van der Waals surface area contributed by atoms with Crippen LogP contribution < -0.4 is 5.32 Å². The first kappa shape index (κ1) is 14.1. The molecule has 0 bridgehead atoms. The van der Waals surface area contributed by atoms with E-state index in [1.165, 1.54) is 18.4 Å². The van der Waals surface area contributed by atoms with Gasteiger partial charge in [0.25, 0.3) is 0 Å². The van der Waals surface area contributed by atoms with Crippen molar-refractivity contribution in [3.8, 4) is 0 Å². The molecule has 1 unspecified atom stereocenters. The van der Waals surface area contributed by atoms with Gasteiger partial charge >= 0.3 is 0 Å². The number of benzene rings is 1. The third-order valence-corrected chi connectivity index (χ3v) is 3.88. The van der Waals surface area contributed by atoms with E-state index in [4.69, 9.17) is 0 Å². The maximum atomic E-state index is 12.2. The number of hydrogen-bond donors (Lipinski definition) is 1. The summed E-state index contributed by atoms with van der Waals surface area (Å²) in [6, 6.07) is 10.4. The summed E-state index contributed by atoms with van der Waals surface area (Å²) in [6.07, 6.45) is 4.31. The summed E-state index contributed by atoms with van der Waals surface area (Å²) in [5.74, 6) is 0.206. The molecule has 1 heterocycles. The number of carbonyl (C=O) groups excluding carboxylic acids is 1. The Morgan fingerprint density at radius 1 is 1.32 bits per heavy atom. The Bertz CT molecular complexity index is 391. The number of rotatable bonds is 5. The van der Waals surface area contributed by atoms with Gasteiger partial charge < -0.3 is 5.32 Å². The zero-order chi connectivity index (χ0) is 13.5. The van der Waals surface area contributed by atoms with E-state index in [2.05, 4.69) is 29.3 Å². The average molecular weight is 260 g/mol. The molecule has 2 rings (SSSR count). The van der Waals surface area contributed by atoms with Gasteiger partial charge in [-0.3, -0.25) is 9.69 Å². The van der Waals surface area contributed by atoms with Crippen LogP contribution in [0.4, 0.5) is 0 Å². The van der Waals surface area contributed by atoms with Crippen LogP contribution in [0.2, 0.25) is 0 Å². The largest absolute Gasteiger partial charge is 0.354 e. The van der Waals surface area contributed by atoms with Gasteiger partial charge in [-0.05, 0) is 37.9 Å². The molecule has 1 amide bonds. The van der Waals surface area contributed by atoms with Crippen LogP contribution >= 0.6 is 0 Å². The quantitative estimate of drug-likeness (QED) is 0.880. The van der Waals surface area contributed by atoms with Gasteiger partial charge in [0.1, 0.15) is 0 Å². The van der Waals surface area contributed by atoms with Crippen molar-refractivity contribution in [3.05, 3.63) is 35.9 Å². The van der Waals surface area contributed by atoms with Crippen LogP contribution in [0, 0.1) is 0 Å². The SMILES string of the molecule is CCN1CCCCC1C(=O)NCCc1ccccc1. The van der Waals surface area contributed by atoms with E-state index in [-0.39, 0.29) is 11.9 Å². The summed E-state index contributed by atoms with van der Waals surface area (Å²) in [5, 5.41) is 3.08. The van der Waals surface area contributed by atoms with Gasteiger partial charge in [-0.1, -0.05) is 43.7 Å². The van der Waals surface area contributed by atoms with Crippen molar-refractivity contribution in [1.29, 1.82) is 0 Å². The molecule has 3 nitrogen and oxygen atoms in total. The van der Waals surface area contributed by atoms with Gasteiger partial charge in [0.2, 0.25) is 5.91 Å². The van der Waals surface area contributed by atoms with Crippen LogP contribution in [0.25, 0.3) is 0 Å². The molecule has 3 heteroatoms. The predicted octanol–water partition coefficient (Wildman–Crippen LogP) is 2.22. The molecule has 1 aromatic rings. The Morgan fingerprint density at radius 2 is 2.11 bits per heavy atom. The van der Waals surface area contributed by atoms with Crippen molar-refractivity contribution in [2.45, 2.75) is 38.6 Å². The van der Waals surface area contributed by atoms with E-state index in [1.807, 2.05) is 18.2 Å². The Balaban J connectivity index is 1.77. The first-order valence-electron chi connectivity index (χ1n) is 7.37. The number of hydrogen-bond acceptors (Lipinski definition) is 2. The lowest BCUT2D eigenvalue weighted by molar-refractivity contribution is -0.127. The lowest BCUT2D eigenvalue weighted by atomic mass is 10.0. The molecule has 19 heavy (non-hydrogen) atoms. The lowest BCUT2D eigenvalue weighted by Crippen LogP contribution is -2.49. The zero-order valence-corrected chi connectivity index (χ0v) is 11.8. The van der Waals surface area contributed by atoms with Crippen LogP contribution in [0.5, 0.6) is 0 Å². The second-order valence-electron chi connectivity index (χ2n) is 5.17. The molecule has 1 saturated heterocycles. The van der Waals surface area contributed by atoms with Crippen molar-refractivity contribution < 1.29 is 4.79 Å². The molecule has 0 saturated carbocycles. The molecule has 1 N–H and O–H groups in total. The van der Waals surface area contributed by atoms with Crippen LogP contribution in [-0.4, -0.2) is 36.5 Å². The average Bonchev–Trinajstić information content (AvgIpc) is 2.48. The second kappa shape index (κ2) is 7.29. The van der Waals surface area contributed by atoms with Crippen molar-refractivity contribution in [2.24, 2.45) is 0 Å². The van der Waals surface area contributed by atoms with Crippen molar-refractivity contribution in [3.63, 3.8) is 0 Å². The third kappa shape index (κ3) is 4.06. The fraction of sp³-hybridized carbons (Fsp3) is 0.562. The highest BCUT2D eigenvalue weighted by atomic mass is 16.2. The summed E-state index contributed by atoms with van der Waals surface area (Å²) < 4.78 is 0. The number of amides is 1. The molecule has 1 aliphatic heterocycles. The molecule has 0 radical (unpaired) electrons. The molecule has 0 aliphatic carbocycles. The summed E-state index contributed by atoms with van der Waals surface area (Å²) in [4.78, 5) is 14.5. The standard InChI is InChI=1S/C16H24N2O/c1-2-18-13-7-6-10-15(18)16(19)17-12-11-14-8-4-3-5-9-14/h3-5,8-9,15H,2,6-7,10-13H2,1H3,(H,17,19). The van der Waals surface area contributed by atoms with Crippen molar-refractivity contribution in [2.75, 3.05) is 19.6 Å². The number of nitrogens with zero attached hydrogens (tertiary/aromatic N) is 1. The van der Waals surface area contributed by atoms with Gasteiger partial charge in [-0.2, -0.15) is 0 Å². The number of piperidine rings is 1. The number of likely N-dealkylation sites (N-methyl/N-ethyl adjacent to an activating group) is 1. The number of carbonyl (C=O) groups is 1. The molecule has 0 spiro atoms.